The number of nitrogens with zero attached hydrogens (tertiary/aromatic N) is 2. The van der Waals surface area contributed by atoms with Gasteiger partial charge in [-0.1, -0.05) is 61.5 Å². The van der Waals surface area contributed by atoms with Crippen LogP contribution in [-0.4, -0.2) is 11.4 Å². The van der Waals surface area contributed by atoms with Gasteiger partial charge in [0.05, 0.1) is 28.5 Å². The lowest BCUT2D eigenvalue weighted by Crippen LogP contribution is -2.16. The molecular weight excluding hydrogens is 428 g/mol. The first-order valence-corrected chi connectivity index (χ1v) is 11.9. The van der Waals surface area contributed by atoms with E-state index in [2.05, 4.69) is 61.6 Å². The van der Waals surface area contributed by atoms with E-state index in [1.807, 2.05) is 60.7 Å². The minimum absolute atomic E-state index is 0.687. The molecule has 3 N–H and O–H groups in total. The molecule has 0 atom stereocenters. The quantitative estimate of drug-likeness (QED) is 0.301. The predicted octanol–water partition coefficient (Wildman–Crippen LogP) is 7.78. The van der Waals surface area contributed by atoms with Crippen molar-refractivity contribution in [2.24, 2.45) is 9.98 Å². The molecule has 0 heterocycles. The summed E-state index contributed by atoms with van der Waals surface area (Å²) in [6.07, 6.45) is 3.14. The van der Waals surface area contributed by atoms with E-state index in [1.165, 1.54) is 5.56 Å². The number of para-hydroxylation sites is 1. The second-order valence-electron chi connectivity index (χ2n) is 8.62. The molecular formula is C31H28N4. The van der Waals surface area contributed by atoms with E-state index in [4.69, 9.17) is 15.7 Å². The first-order chi connectivity index (χ1) is 17.1. The molecule has 0 unspecified atom stereocenters. The van der Waals surface area contributed by atoms with Gasteiger partial charge in [-0.05, 0) is 73.0 Å². The number of fused-ring (bicyclic) bond motifs is 1. The number of hydrogen-bond donors (Lipinski definition) is 2. The lowest BCUT2D eigenvalue weighted by molar-refractivity contribution is 1.14. The van der Waals surface area contributed by atoms with Gasteiger partial charge in [-0.15, -0.1) is 0 Å². The molecule has 0 amide bonds. The fraction of sp³-hybridized carbons (Fsp3) is 0.0968. The summed E-state index contributed by atoms with van der Waals surface area (Å²) in [4.78, 5) is 10.1. The fourth-order valence-corrected chi connectivity index (χ4v) is 4.21. The summed E-state index contributed by atoms with van der Waals surface area (Å²) < 4.78 is 0. The third-order valence-corrected chi connectivity index (χ3v) is 6.08. The van der Waals surface area contributed by atoms with Gasteiger partial charge in [0.2, 0.25) is 0 Å². The summed E-state index contributed by atoms with van der Waals surface area (Å²) in [7, 11) is 0. The Balaban J connectivity index is 1.57. The zero-order valence-corrected chi connectivity index (χ0v) is 20.0. The van der Waals surface area contributed by atoms with Crippen molar-refractivity contribution in [3.63, 3.8) is 0 Å². The summed E-state index contributed by atoms with van der Waals surface area (Å²) in [5, 5.41) is 3.46. The van der Waals surface area contributed by atoms with Crippen molar-refractivity contribution in [1.29, 1.82) is 0 Å². The molecule has 0 bridgehead atoms. The highest BCUT2D eigenvalue weighted by Gasteiger charge is 2.20. The van der Waals surface area contributed by atoms with Crippen molar-refractivity contribution in [3.8, 4) is 0 Å². The fourth-order valence-electron chi connectivity index (χ4n) is 4.21. The highest BCUT2D eigenvalue weighted by molar-refractivity contribution is 6.28. The van der Waals surface area contributed by atoms with Crippen molar-refractivity contribution < 1.29 is 0 Å². The van der Waals surface area contributed by atoms with Crippen molar-refractivity contribution in [3.05, 3.63) is 125 Å². The first-order valence-electron chi connectivity index (χ1n) is 11.9. The number of nitrogens with two attached hydrogens (primary N) is 1. The molecule has 4 heteroatoms. The summed E-state index contributed by atoms with van der Waals surface area (Å²) in [5.74, 6) is 0. The van der Waals surface area contributed by atoms with Crippen molar-refractivity contribution in [2.45, 2.75) is 20.3 Å². The van der Waals surface area contributed by atoms with Gasteiger partial charge in [-0.3, -0.25) is 0 Å². The lowest BCUT2D eigenvalue weighted by Gasteiger charge is -2.20. The molecule has 0 spiro atoms. The number of nitrogen functional groups attached to an aromatic ring is 1. The predicted molar refractivity (Wildman–Crippen MR) is 149 cm³/mol. The lowest BCUT2D eigenvalue weighted by atomic mass is 9.89. The van der Waals surface area contributed by atoms with Crippen LogP contribution in [0.2, 0.25) is 0 Å². The number of aliphatic imine (C=N–C) groups is 2. The number of allylic oxidation sites excluding steroid dienone is 2. The highest BCUT2D eigenvalue weighted by Crippen LogP contribution is 2.33. The molecule has 0 aromatic heterocycles. The van der Waals surface area contributed by atoms with E-state index >= 15 is 0 Å². The number of anilines is 3. The van der Waals surface area contributed by atoms with Crippen LogP contribution in [-0.2, 0) is 6.42 Å². The molecule has 5 rings (SSSR count). The van der Waals surface area contributed by atoms with Gasteiger partial charge < -0.3 is 11.1 Å². The van der Waals surface area contributed by atoms with Crippen LogP contribution in [0.25, 0.3) is 0 Å². The van der Waals surface area contributed by atoms with E-state index in [0.29, 0.717) is 5.69 Å². The zero-order chi connectivity index (χ0) is 24.2. The third-order valence-electron chi connectivity index (χ3n) is 6.08. The normalized spacial score (nSPS) is 15.1. The maximum Gasteiger partial charge on any atom is 0.0873 e. The van der Waals surface area contributed by atoms with Gasteiger partial charge in [-0.2, -0.15) is 0 Å². The van der Waals surface area contributed by atoms with Gasteiger partial charge in [0.1, 0.15) is 0 Å². The van der Waals surface area contributed by atoms with Crippen LogP contribution in [0.1, 0.15) is 30.5 Å². The Morgan fingerprint density at radius 1 is 0.771 bits per heavy atom. The Hall–Kier alpha value is -4.44. The molecule has 4 nitrogen and oxygen atoms in total. The maximum absolute atomic E-state index is 6.11. The average Bonchev–Trinajstić information content (AvgIpc) is 2.88. The molecule has 35 heavy (non-hydrogen) atoms. The van der Waals surface area contributed by atoms with Gasteiger partial charge in [0, 0.05) is 22.5 Å². The summed E-state index contributed by atoms with van der Waals surface area (Å²) >= 11 is 0. The van der Waals surface area contributed by atoms with E-state index in [1.54, 1.807) is 0 Å². The van der Waals surface area contributed by atoms with Crippen molar-refractivity contribution in [2.75, 3.05) is 11.1 Å². The van der Waals surface area contributed by atoms with Gasteiger partial charge in [0.25, 0.3) is 0 Å². The topological polar surface area (TPSA) is 62.8 Å². The van der Waals surface area contributed by atoms with Crippen LogP contribution in [0.4, 0.5) is 28.4 Å². The summed E-state index contributed by atoms with van der Waals surface area (Å²) in [5.41, 5.74) is 16.8. The second kappa shape index (κ2) is 9.82. The molecule has 0 fully saturated rings. The van der Waals surface area contributed by atoms with Gasteiger partial charge >= 0.3 is 0 Å². The van der Waals surface area contributed by atoms with Crippen molar-refractivity contribution in [1.82, 2.24) is 0 Å². The molecule has 0 saturated heterocycles. The molecule has 0 aliphatic heterocycles. The molecule has 0 saturated carbocycles. The highest BCUT2D eigenvalue weighted by atomic mass is 14.9. The van der Waals surface area contributed by atoms with Crippen LogP contribution in [0.15, 0.2) is 119 Å². The van der Waals surface area contributed by atoms with Crippen LogP contribution in [0.3, 0.4) is 0 Å². The Morgan fingerprint density at radius 2 is 1.49 bits per heavy atom. The Labute approximate surface area is 206 Å². The minimum Gasteiger partial charge on any atom is -0.399 e. The monoisotopic (exact) mass is 456 g/mol. The van der Waals surface area contributed by atoms with Gasteiger partial charge in [-0.25, -0.2) is 9.98 Å². The smallest absolute Gasteiger partial charge is 0.0873 e. The number of rotatable bonds is 5. The van der Waals surface area contributed by atoms with Gasteiger partial charge in [0.15, 0.2) is 0 Å². The molecule has 1 aliphatic carbocycles. The van der Waals surface area contributed by atoms with E-state index in [9.17, 15) is 0 Å². The average molecular weight is 457 g/mol. The number of benzene rings is 4. The van der Waals surface area contributed by atoms with Crippen LogP contribution >= 0.6 is 0 Å². The largest absolute Gasteiger partial charge is 0.399 e. The standard InChI is InChI=1S/C31H28N4/c1-3-22-13-16-25(17-14-22)33-29-19-21(2)31(27-12-8-7-11-26(27)29)35-28-18-15-23(32)20-30(28)34-24-9-5-4-6-10-24/h4-20,34H,3,32H2,1-2H3. The maximum atomic E-state index is 6.11. The molecule has 1 aliphatic rings. The molecule has 4 aromatic rings. The summed E-state index contributed by atoms with van der Waals surface area (Å²) in [6.45, 7) is 4.25. The molecule has 0 radical (unpaired) electrons. The Morgan fingerprint density at radius 3 is 2.23 bits per heavy atom. The SMILES string of the molecule is CCc1ccc(N=C2C=C(C)C(=Nc3ccc(N)cc3Nc3ccccc3)c3ccccc32)cc1. The van der Waals surface area contributed by atoms with E-state index in [0.717, 1.165) is 57.3 Å². The minimum atomic E-state index is 0.687. The van der Waals surface area contributed by atoms with Crippen molar-refractivity contribution >= 4 is 39.9 Å². The number of nitrogens with one attached hydrogen (secondary N) is 1. The van der Waals surface area contributed by atoms with Crippen LogP contribution in [0, 0.1) is 0 Å². The van der Waals surface area contributed by atoms with E-state index in [-0.39, 0.29) is 0 Å². The van der Waals surface area contributed by atoms with Crippen LogP contribution < -0.4 is 11.1 Å². The van der Waals surface area contributed by atoms with Crippen LogP contribution in [0.5, 0.6) is 0 Å². The molecule has 172 valence electrons. The number of aryl methyl sites for hydroxylation is 1. The molecule has 4 aromatic carbocycles. The third kappa shape index (κ3) is 4.92. The Kier molecular flexibility index (Phi) is 6.27. The zero-order valence-electron chi connectivity index (χ0n) is 20.0. The van der Waals surface area contributed by atoms with E-state index < -0.39 is 0 Å². The second-order valence-corrected chi connectivity index (χ2v) is 8.62. The summed E-state index contributed by atoms with van der Waals surface area (Å²) in [6, 6.07) is 32.6. The number of hydrogen-bond acceptors (Lipinski definition) is 4. The Bertz CT molecular complexity index is 1450. The first kappa shape index (κ1) is 22.4.